The molecule has 1 aromatic heterocycles. The molecule has 1 amide bonds. The molecule has 2 aromatic rings. The second-order valence-corrected chi connectivity index (χ2v) is 7.08. The Morgan fingerprint density at radius 3 is 2.96 bits per heavy atom. The zero-order valence-corrected chi connectivity index (χ0v) is 15.6. The van der Waals surface area contributed by atoms with E-state index in [2.05, 4.69) is 27.1 Å². The average molecular weight is 374 g/mol. The molecule has 0 saturated carbocycles. The zero-order valence-electron chi connectivity index (χ0n) is 14.8. The fraction of sp³-hybridized carbons (Fsp3) is 0.368. The summed E-state index contributed by atoms with van der Waals surface area (Å²) in [6, 6.07) is 8.66. The number of fused-ring (bicyclic) bond motifs is 1. The van der Waals surface area contributed by atoms with Crippen LogP contribution in [0.1, 0.15) is 22.9 Å². The number of hydrogen-bond donors (Lipinski definition) is 2. The molecule has 0 atom stereocenters. The van der Waals surface area contributed by atoms with Gasteiger partial charge in [0.1, 0.15) is 5.82 Å². The van der Waals surface area contributed by atoms with Crippen molar-refractivity contribution in [3.05, 3.63) is 57.5 Å². The van der Waals surface area contributed by atoms with Crippen LogP contribution < -0.4 is 10.6 Å². The summed E-state index contributed by atoms with van der Waals surface area (Å²) >= 11 is 1.76. The van der Waals surface area contributed by atoms with Gasteiger partial charge in [-0.1, -0.05) is 18.2 Å². The van der Waals surface area contributed by atoms with Gasteiger partial charge in [-0.3, -0.25) is 4.79 Å². The smallest absolute Gasteiger partial charge is 0.242 e. The Labute approximate surface area is 156 Å². The van der Waals surface area contributed by atoms with E-state index in [0.717, 1.165) is 13.0 Å². The lowest BCUT2D eigenvalue weighted by atomic mass is 10.1. The van der Waals surface area contributed by atoms with Crippen molar-refractivity contribution in [2.45, 2.75) is 26.4 Å². The highest BCUT2D eigenvalue weighted by Crippen LogP contribution is 2.23. The molecule has 2 N–H and O–H groups in total. The van der Waals surface area contributed by atoms with E-state index in [1.165, 1.54) is 16.5 Å². The lowest BCUT2D eigenvalue weighted by Crippen LogP contribution is -2.45. The van der Waals surface area contributed by atoms with Crippen LogP contribution in [-0.2, 0) is 24.3 Å². The van der Waals surface area contributed by atoms with Crippen LogP contribution >= 0.6 is 11.3 Å². The molecule has 1 aromatic carbocycles. The van der Waals surface area contributed by atoms with Crippen molar-refractivity contribution in [1.82, 2.24) is 15.5 Å². The average Bonchev–Trinajstić information content (AvgIpc) is 3.12. The number of carbonyl (C=O) groups is 1. The lowest BCUT2D eigenvalue weighted by Gasteiger charge is -2.27. The Morgan fingerprint density at radius 1 is 1.31 bits per heavy atom. The first-order valence-corrected chi connectivity index (χ1v) is 9.64. The van der Waals surface area contributed by atoms with Gasteiger partial charge < -0.3 is 15.5 Å². The normalized spacial score (nSPS) is 14.1. The number of benzene rings is 1. The van der Waals surface area contributed by atoms with Crippen molar-refractivity contribution in [1.29, 1.82) is 0 Å². The molecule has 7 heteroatoms. The topological polar surface area (TPSA) is 56.7 Å². The number of guanidine groups is 1. The Bertz CT molecular complexity index is 789. The Morgan fingerprint density at radius 2 is 2.15 bits per heavy atom. The van der Waals surface area contributed by atoms with Crippen molar-refractivity contribution < 1.29 is 9.18 Å². The molecule has 5 nitrogen and oxygen atoms in total. The maximum absolute atomic E-state index is 13.7. The molecular formula is C19H23FN4OS. The van der Waals surface area contributed by atoms with E-state index < -0.39 is 0 Å². The molecule has 0 saturated heterocycles. The molecule has 1 aliphatic heterocycles. The highest BCUT2D eigenvalue weighted by atomic mass is 32.1. The lowest BCUT2D eigenvalue weighted by molar-refractivity contribution is -0.130. The highest BCUT2D eigenvalue weighted by molar-refractivity contribution is 7.10. The van der Waals surface area contributed by atoms with Gasteiger partial charge >= 0.3 is 0 Å². The van der Waals surface area contributed by atoms with E-state index in [1.54, 1.807) is 29.5 Å². The molecule has 0 spiro atoms. The van der Waals surface area contributed by atoms with Crippen LogP contribution in [0.15, 0.2) is 40.7 Å². The highest BCUT2D eigenvalue weighted by Gasteiger charge is 2.21. The Balaban J connectivity index is 1.56. The fourth-order valence-electron chi connectivity index (χ4n) is 2.87. The van der Waals surface area contributed by atoms with Gasteiger partial charge in [0.05, 0.1) is 13.1 Å². The van der Waals surface area contributed by atoms with Crippen molar-refractivity contribution in [3.8, 4) is 0 Å². The van der Waals surface area contributed by atoms with Gasteiger partial charge in [-0.05, 0) is 36.4 Å². The first-order valence-electron chi connectivity index (χ1n) is 8.76. The van der Waals surface area contributed by atoms with Gasteiger partial charge in [0, 0.05) is 30.1 Å². The van der Waals surface area contributed by atoms with E-state index >= 15 is 0 Å². The standard InChI is InChI=1S/C19H23FN4OS/c1-2-21-19(22-11-14-5-3-4-6-16(14)20)23-12-18(25)24-9-7-17-15(13-24)8-10-26-17/h3-6,8,10H,2,7,9,11-13H2,1H3,(H2,21,22,23). The van der Waals surface area contributed by atoms with E-state index in [1.807, 2.05) is 11.8 Å². The minimum atomic E-state index is -0.275. The predicted molar refractivity (Wildman–Crippen MR) is 103 cm³/mol. The molecule has 0 bridgehead atoms. The number of rotatable bonds is 5. The summed E-state index contributed by atoms with van der Waals surface area (Å²) in [6.07, 6.45) is 0.917. The van der Waals surface area contributed by atoms with Gasteiger partial charge in [-0.15, -0.1) is 11.3 Å². The quantitative estimate of drug-likeness (QED) is 0.625. The van der Waals surface area contributed by atoms with Crippen LogP contribution in [-0.4, -0.2) is 36.4 Å². The van der Waals surface area contributed by atoms with E-state index in [9.17, 15) is 9.18 Å². The third-order valence-electron chi connectivity index (χ3n) is 4.28. The summed E-state index contributed by atoms with van der Waals surface area (Å²) in [5.74, 6) is 0.277. The molecule has 0 radical (unpaired) electrons. The fourth-order valence-corrected chi connectivity index (χ4v) is 3.75. The second-order valence-electron chi connectivity index (χ2n) is 6.07. The van der Waals surface area contributed by atoms with Gasteiger partial charge in [0.2, 0.25) is 5.91 Å². The third kappa shape index (κ3) is 4.60. The van der Waals surface area contributed by atoms with Gasteiger partial charge in [-0.2, -0.15) is 0 Å². The van der Waals surface area contributed by atoms with Crippen LogP contribution in [0.4, 0.5) is 4.39 Å². The molecule has 3 rings (SSSR count). The summed E-state index contributed by atoms with van der Waals surface area (Å²) in [5, 5.41) is 8.22. The number of nitrogens with zero attached hydrogens (tertiary/aromatic N) is 2. The second kappa shape index (κ2) is 8.80. The van der Waals surface area contributed by atoms with Gasteiger partial charge in [0.25, 0.3) is 0 Å². The van der Waals surface area contributed by atoms with Crippen LogP contribution in [0.25, 0.3) is 0 Å². The van der Waals surface area contributed by atoms with Crippen LogP contribution in [0, 0.1) is 5.82 Å². The molecule has 26 heavy (non-hydrogen) atoms. The van der Waals surface area contributed by atoms with Crippen molar-refractivity contribution in [2.24, 2.45) is 4.99 Å². The van der Waals surface area contributed by atoms with E-state index in [-0.39, 0.29) is 24.8 Å². The monoisotopic (exact) mass is 374 g/mol. The Hall–Kier alpha value is -2.41. The molecule has 0 aliphatic carbocycles. The summed E-state index contributed by atoms with van der Waals surface area (Å²) in [5.41, 5.74) is 1.77. The van der Waals surface area contributed by atoms with E-state index in [4.69, 9.17) is 0 Å². The summed E-state index contributed by atoms with van der Waals surface area (Å²) in [4.78, 5) is 20.1. The minimum absolute atomic E-state index is 0.0401. The van der Waals surface area contributed by atoms with Crippen molar-refractivity contribution in [3.63, 3.8) is 0 Å². The third-order valence-corrected chi connectivity index (χ3v) is 5.30. The van der Waals surface area contributed by atoms with Crippen LogP contribution in [0.5, 0.6) is 0 Å². The molecule has 138 valence electrons. The summed E-state index contributed by atoms with van der Waals surface area (Å²) in [6.45, 7) is 4.42. The van der Waals surface area contributed by atoms with Crippen LogP contribution in [0.3, 0.4) is 0 Å². The number of amides is 1. The predicted octanol–water partition coefficient (Wildman–Crippen LogP) is 2.53. The number of halogens is 1. The number of nitrogens with one attached hydrogen (secondary N) is 2. The SMILES string of the molecule is CCNC(=NCc1ccccc1F)NCC(=O)N1CCc2sccc2C1. The number of hydrogen-bond acceptors (Lipinski definition) is 3. The maximum Gasteiger partial charge on any atom is 0.242 e. The van der Waals surface area contributed by atoms with Crippen molar-refractivity contribution in [2.75, 3.05) is 19.6 Å². The summed E-state index contributed by atoms with van der Waals surface area (Å²) < 4.78 is 13.7. The first kappa shape index (κ1) is 18.4. The maximum atomic E-state index is 13.7. The first-order chi connectivity index (χ1) is 12.7. The largest absolute Gasteiger partial charge is 0.357 e. The van der Waals surface area contributed by atoms with Gasteiger partial charge in [-0.25, -0.2) is 9.38 Å². The van der Waals surface area contributed by atoms with Crippen molar-refractivity contribution >= 4 is 23.2 Å². The molecule has 0 fully saturated rings. The minimum Gasteiger partial charge on any atom is -0.357 e. The summed E-state index contributed by atoms with van der Waals surface area (Å²) in [7, 11) is 0. The van der Waals surface area contributed by atoms with Crippen LogP contribution in [0.2, 0.25) is 0 Å². The van der Waals surface area contributed by atoms with Gasteiger partial charge in [0.15, 0.2) is 5.96 Å². The van der Waals surface area contributed by atoms with E-state index in [0.29, 0.717) is 24.6 Å². The number of thiophene rings is 1. The number of carbonyl (C=O) groups excluding carboxylic acids is 1. The Kier molecular flexibility index (Phi) is 6.22. The molecule has 2 heterocycles. The number of aliphatic imine (C=N–C) groups is 1. The molecule has 1 aliphatic rings. The molecular weight excluding hydrogens is 351 g/mol. The zero-order chi connectivity index (χ0) is 18.4. The molecule has 0 unspecified atom stereocenters.